The molecule has 3 rings (SSSR count). The van der Waals surface area contributed by atoms with Crippen LogP contribution in [0.1, 0.15) is 25.2 Å². The molecule has 0 unspecified atom stereocenters. The van der Waals surface area contributed by atoms with Crippen molar-refractivity contribution in [2.75, 3.05) is 13.1 Å². The lowest BCUT2D eigenvalue weighted by Gasteiger charge is -2.13. The Kier molecular flexibility index (Phi) is 3.31. The number of hydrogen-bond acceptors (Lipinski definition) is 5. The summed E-state index contributed by atoms with van der Waals surface area (Å²) < 4.78 is 10.1. The van der Waals surface area contributed by atoms with E-state index in [4.69, 9.17) is 8.94 Å². The van der Waals surface area contributed by atoms with E-state index in [1.165, 1.54) is 0 Å². The van der Waals surface area contributed by atoms with E-state index >= 15 is 0 Å². The normalized spacial score (nSPS) is 15.1. The lowest BCUT2D eigenvalue weighted by atomic mass is 10.2. The largest absolute Gasteiger partial charge is 0.472 e. The van der Waals surface area contributed by atoms with E-state index in [-0.39, 0.29) is 5.91 Å². The average Bonchev–Trinajstić information content (AvgIpc) is 3.14. The number of likely N-dealkylation sites (tertiary alicyclic amines) is 1. The molecule has 0 aromatic carbocycles. The molecule has 3 heterocycles. The van der Waals surface area contributed by atoms with Crippen LogP contribution < -0.4 is 0 Å². The zero-order valence-electron chi connectivity index (χ0n) is 10.5. The van der Waals surface area contributed by atoms with Gasteiger partial charge in [-0.15, -0.1) is 0 Å². The Labute approximate surface area is 110 Å². The third-order valence-corrected chi connectivity index (χ3v) is 3.26. The molecule has 2 aromatic heterocycles. The molecule has 19 heavy (non-hydrogen) atoms. The van der Waals surface area contributed by atoms with Crippen LogP contribution in [0.5, 0.6) is 0 Å². The van der Waals surface area contributed by atoms with Crippen molar-refractivity contribution >= 4 is 5.91 Å². The second-order valence-corrected chi connectivity index (χ2v) is 4.61. The second kappa shape index (κ2) is 5.26. The lowest BCUT2D eigenvalue weighted by molar-refractivity contribution is -0.130. The molecule has 1 amide bonds. The first kappa shape index (κ1) is 12.0. The molecule has 0 spiro atoms. The van der Waals surface area contributed by atoms with E-state index in [1.54, 1.807) is 18.6 Å². The van der Waals surface area contributed by atoms with Gasteiger partial charge in [-0.2, -0.15) is 4.98 Å². The molecule has 0 N–H and O–H groups in total. The molecule has 2 aromatic rings. The minimum atomic E-state index is 0.167. The number of carbonyl (C=O) groups excluding carboxylic acids is 1. The van der Waals surface area contributed by atoms with Gasteiger partial charge in [-0.25, -0.2) is 0 Å². The predicted molar refractivity (Wildman–Crippen MR) is 66.1 cm³/mol. The first-order valence-corrected chi connectivity index (χ1v) is 6.46. The Morgan fingerprint density at radius 1 is 1.37 bits per heavy atom. The second-order valence-electron chi connectivity index (χ2n) is 4.61. The number of aryl methyl sites for hydroxylation is 1. The van der Waals surface area contributed by atoms with Gasteiger partial charge in [0.15, 0.2) is 0 Å². The maximum absolute atomic E-state index is 11.9. The standard InChI is InChI=1S/C13H15N3O3/c17-12(16-6-1-2-7-16)4-3-11-14-13(15-19-11)10-5-8-18-9-10/h5,8-9H,1-4,6-7H2. The van der Waals surface area contributed by atoms with Crippen molar-refractivity contribution in [3.63, 3.8) is 0 Å². The van der Waals surface area contributed by atoms with Crippen LogP contribution in [-0.2, 0) is 11.2 Å². The minimum absolute atomic E-state index is 0.167. The molecule has 0 bridgehead atoms. The van der Waals surface area contributed by atoms with Crippen molar-refractivity contribution in [2.45, 2.75) is 25.7 Å². The molecular formula is C13H15N3O3. The highest BCUT2D eigenvalue weighted by Crippen LogP contribution is 2.17. The fourth-order valence-electron chi connectivity index (χ4n) is 2.20. The average molecular weight is 261 g/mol. The Morgan fingerprint density at radius 2 is 2.21 bits per heavy atom. The summed E-state index contributed by atoms with van der Waals surface area (Å²) in [5.74, 6) is 1.15. The molecule has 6 nitrogen and oxygen atoms in total. The lowest BCUT2D eigenvalue weighted by Crippen LogP contribution is -2.27. The van der Waals surface area contributed by atoms with Gasteiger partial charge in [-0.05, 0) is 18.9 Å². The van der Waals surface area contributed by atoms with Crippen molar-refractivity contribution in [3.8, 4) is 11.4 Å². The summed E-state index contributed by atoms with van der Waals surface area (Å²) in [5.41, 5.74) is 0.779. The first-order valence-electron chi connectivity index (χ1n) is 6.46. The fraction of sp³-hybridized carbons (Fsp3) is 0.462. The molecule has 1 saturated heterocycles. The molecule has 1 fully saturated rings. The highest BCUT2D eigenvalue weighted by Gasteiger charge is 2.18. The van der Waals surface area contributed by atoms with Crippen LogP contribution in [-0.4, -0.2) is 34.0 Å². The monoisotopic (exact) mass is 261 g/mol. The third-order valence-electron chi connectivity index (χ3n) is 3.26. The zero-order chi connectivity index (χ0) is 13.1. The molecule has 0 aliphatic carbocycles. The minimum Gasteiger partial charge on any atom is -0.472 e. The van der Waals surface area contributed by atoms with Gasteiger partial charge in [0.2, 0.25) is 17.6 Å². The van der Waals surface area contributed by atoms with Gasteiger partial charge in [0, 0.05) is 25.9 Å². The van der Waals surface area contributed by atoms with Crippen molar-refractivity contribution in [1.82, 2.24) is 15.0 Å². The molecule has 100 valence electrons. The highest BCUT2D eigenvalue weighted by atomic mass is 16.5. The highest BCUT2D eigenvalue weighted by molar-refractivity contribution is 5.76. The van der Waals surface area contributed by atoms with Crippen molar-refractivity contribution in [1.29, 1.82) is 0 Å². The van der Waals surface area contributed by atoms with Crippen LogP contribution in [0.25, 0.3) is 11.4 Å². The van der Waals surface area contributed by atoms with Crippen LogP contribution in [0.3, 0.4) is 0 Å². The van der Waals surface area contributed by atoms with Crippen LogP contribution in [0.4, 0.5) is 0 Å². The summed E-state index contributed by atoms with van der Waals surface area (Å²) in [4.78, 5) is 18.0. The van der Waals surface area contributed by atoms with Crippen molar-refractivity contribution in [3.05, 3.63) is 24.5 Å². The Bertz CT molecular complexity index is 541. The summed E-state index contributed by atoms with van der Waals surface area (Å²) in [6.07, 6.45) is 6.24. The molecule has 1 aliphatic heterocycles. The van der Waals surface area contributed by atoms with E-state index in [0.717, 1.165) is 31.5 Å². The number of hydrogen-bond donors (Lipinski definition) is 0. The number of aromatic nitrogens is 2. The summed E-state index contributed by atoms with van der Waals surface area (Å²) in [7, 11) is 0. The zero-order valence-corrected chi connectivity index (χ0v) is 10.5. The number of rotatable bonds is 4. The Hall–Kier alpha value is -2.11. The number of nitrogens with zero attached hydrogens (tertiary/aromatic N) is 3. The van der Waals surface area contributed by atoms with Crippen LogP contribution >= 0.6 is 0 Å². The Morgan fingerprint density at radius 3 is 2.95 bits per heavy atom. The number of furan rings is 1. The summed E-state index contributed by atoms with van der Waals surface area (Å²) in [6.45, 7) is 1.76. The maximum atomic E-state index is 11.9. The predicted octanol–water partition coefficient (Wildman–Crippen LogP) is 1.88. The van der Waals surface area contributed by atoms with E-state index in [0.29, 0.717) is 24.6 Å². The molecule has 0 atom stereocenters. The molecule has 6 heteroatoms. The SMILES string of the molecule is O=C(CCc1nc(-c2ccoc2)no1)N1CCCC1. The van der Waals surface area contributed by atoms with Gasteiger partial charge in [0.05, 0.1) is 11.8 Å². The maximum Gasteiger partial charge on any atom is 0.227 e. The molecule has 0 saturated carbocycles. The van der Waals surface area contributed by atoms with E-state index in [9.17, 15) is 4.79 Å². The number of amides is 1. The van der Waals surface area contributed by atoms with Gasteiger partial charge in [-0.1, -0.05) is 5.16 Å². The van der Waals surface area contributed by atoms with E-state index in [2.05, 4.69) is 10.1 Å². The Balaban J connectivity index is 1.57. The van der Waals surface area contributed by atoms with Gasteiger partial charge < -0.3 is 13.8 Å². The topological polar surface area (TPSA) is 72.4 Å². The third kappa shape index (κ3) is 2.67. The summed E-state index contributed by atoms with van der Waals surface area (Å²) in [6, 6.07) is 1.77. The summed E-state index contributed by atoms with van der Waals surface area (Å²) >= 11 is 0. The van der Waals surface area contributed by atoms with E-state index in [1.807, 2.05) is 4.90 Å². The molecular weight excluding hydrogens is 246 g/mol. The smallest absolute Gasteiger partial charge is 0.227 e. The summed E-state index contributed by atoms with van der Waals surface area (Å²) in [5, 5.41) is 3.86. The van der Waals surface area contributed by atoms with Crippen molar-refractivity contribution in [2.24, 2.45) is 0 Å². The van der Waals surface area contributed by atoms with Crippen molar-refractivity contribution < 1.29 is 13.7 Å². The molecule has 0 radical (unpaired) electrons. The first-order chi connectivity index (χ1) is 9.33. The van der Waals surface area contributed by atoms with Gasteiger partial charge in [0.25, 0.3) is 0 Å². The fourth-order valence-corrected chi connectivity index (χ4v) is 2.20. The van der Waals surface area contributed by atoms with Gasteiger partial charge in [-0.3, -0.25) is 4.79 Å². The van der Waals surface area contributed by atoms with Crippen LogP contribution in [0, 0.1) is 0 Å². The van der Waals surface area contributed by atoms with Gasteiger partial charge in [0.1, 0.15) is 6.26 Å². The van der Waals surface area contributed by atoms with Crippen LogP contribution in [0.15, 0.2) is 27.5 Å². The quantitative estimate of drug-likeness (QED) is 0.840. The van der Waals surface area contributed by atoms with Gasteiger partial charge >= 0.3 is 0 Å². The van der Waals surface area contributed by atoms with Crippen LogP contribution in [0.2, 0.25) is 0 Å². The van der Waals surface area contributed by atoms with E-state index < -0.39 is 0 Å². The number of carbonyl (C=O) groups is 1. The molecule has 1 aliphatic rings.